The van der Waals surface area contributed by atoms with Crippen molar-refractivity contribution in [2.75, 3.05) is 23.3 Å². The molecule has 1 N–H and O–H groups in total. The summed E-state index contributed by atoms with van der Waals surface area (Å²) in [6, 6.07) is 8.04. The van der Waals surface area contributed by atoms with Gasteiger partial charge in [-0.2, -0.15) is 5.26 Å². The van der Waals surface area contributed by atoms with E-state index in [2.05, 4.69) is 26.3 Å². The first kappa shape index (κ1) is 12.9. The molecule has 0 bridgehead atoms. The first-order valence-corrected chi connectivity index (χ1v) is 7.52. The van der Waals surface area contributed by atoms with E-state index in [4.69, 9.17) is 5.26 Å². The van der Waals surface area contributed by atoms with Crippen LogP contribution in [0, 0.1) is 11.3 Å². The monoisotopic (exact) mass is 285 g/mol. The van der Waals surface area contributed by atoms with E-state index in [-0.39, 0.29) is 0 Å². The molecule has 20 heavy (non-hydrogen) atoms. The van der Waals surface area contributed by atoms with Gasteiger partial charge < -0.3 is 10.2 Å². The molecule has 5 nitrogen and oxygen atoms in total. The van der Waals surface area contributed by atoms with E-state index < -0.39 is 0 Å². The molecule has 1 saturated heterocycles. The molecule has 3 rings (SSSR count). The molecule has 0 atom stereocenters. The molecule has 3 heterocycles. The van der Waals surface area contributed by atoms with Crippen LogP contribution in [0.3, 0.4) is 0 Å². The van der Waals surface area contributed by atoms with Gasteiger partial charge in [-0.15, -0.1) is 0 Å². The predicted octanol–water partition coefficient (Wildman–Crippen LogP) is 3.14. The van der Waals surface area contributed by atoms with Gasteiger partial charge >= 0.3 is 0 Å². The van der Waals surface area contributed by atoms with Crippen molar-refractivity contribution in [1.29, 1.82) is 5.26 Å². The van der Waals surface area contributed by atoms with E-state index in [0.717, 1.165) is 24.7 Å². The van der Waals surface area contributed by atoms with Crippen LogP contribution in [0.5, 0.6) is 0 Å². The van der Waals surface area contributed by atoms with Gasteiger partial charge in [-0.3, -0.25) is 0 Å². The highest BCUT2D eigenvalue weighted by Crippen LogP contribution is 2.23. The Morgan fingerprint density at radius 2 is 2.10 bits per heavy atom. The Hall–Kier alpha value is -2.13. The lowest BCUT2D eigenvalue weighted by Crippen LogP contribution is -2.30. The number of anilines is 3. The summed E-state index contributed by atoms with van der Waals surface area (Å²) >= 11 is 1.33. The van der Waals surface area contributed by atoms with Gasteiger partial charge in [-0.05, 0) is 31.4 Å². The van der Waals surface area contributed by atoms with Crippen molar-refractivity contribution in [2.45, 2.75) is 19.3 Å². The Morgan fingerprint density at radius 1 is 1.25 bits per heavy atom. The van der Waals surface area contributed by atoms with E-state index in [1.165, 1.54) is 30.6 Å². The Balaban J connectivity index is 1.75. The lowest BCUT2D eigenvalue weighted by Gasteiger charge is -2.27. The maximum Gasteiger partial charge on any atom is 0.189 e. The molecule has 6 heteroatoms. The fourth-order valence-electron chi connectivity index (χ4n) is 2.29. The third-order valence-electron chi connectivity index (χ3n) is 3.27. The second kappa shape index (κ2) is 5.88. The van der Waals surface area contributed by atoms with Crippen LogP contribution in [0.1, 0.15) is 24.1 Å². The highest BCUT2D eigenvalue weighted by atomic mass is 32.1. The number of rotatable bonds is 3. The van der Waals surface area contributed by atoms with Gasteiger partial charge in [0.2, 0.25) is 0 Å². The summed E-state index contributed by atoms with van der Waals surface area (Å²) in [6.07, 6.45) is 5.35. The number of hydrogen-bond donors (Lipinski definition) is 1. The molecule has 0 aromatic carbocycles. The topological polar surface area (TPSA) is 64.8 Å². The lowest BCUT2D eigenvalue weighted by atomic mass is 10.1. The number of thiazole rings is 1. The molecule has 0 spiro atoms. The third-order valence-corrected chi connectivity index (χ3v) is 4.08. The minimum Gasteiger partial charge on any atom is -0.357 e. The summed E-state index contributed by atoms with van der Waals surface area (Å²) in [7, 11) is 0. The lowest BCUT2D eigenvalue weighted by molar-refractivity contribution is 0.573. The van der Waals surface area contributed by atoms with Crippen LogP contribution < -0.4 is 10.2 Å². The minimum atomic E-state index is 0.597. The Labute approximate surface area is 121 Å². The molecule has 1 aliphatic rings. The van der Waals surface area contributed by atoms with E-state index in [9.17, 15) is 0 Å². The van der Waals surface area contributed by atoms with Crippen molar-refractivity contribution in [2.24, 2.45) is 0 Å². The Morgan fingerprint density at radius 3 is 2.85 bits per heavy atom. The van der Waals surface area contributed by atoms with Gasteiger partial charge in [-0.25, -0.2) is 9.97 Å². The standard InChI is InChI=1S/C14H15N5S/c15-9-11-10-16-14(20-11)18-12-5-4-6-13(17-12)19-7-2-1-3-8-19/h4-6,10H,1-3,7-8H2,(H,16,17,18). The summed E-state index contributed by atoms with van der Waals surface area (Å²) in [5.41, 5.74) is 0. The normalized spacial score (nSPS) is 14.8. The van der Waals surface area contributed by atoms with Crippen molar-refractivity contribution in [3.05, 3.63) is 29.3 Å². The molecule has 0 unspecified atom stereocenters. The van der Waals surface area contributed by atoms with Crippen LogP contribution in [-0.2, 0) is 0 Å². The van der Waals surface area contributed by atoms with E-state index in [1.54, 1.807) is 6.20 Å². The molecule has 2 aromatic heterocycles. The van der Waals surface area contributed by atoms with Gasteiger partial charge in [0.05, 0.1) is 6.20 Å². The quantitative estimate of drug-likeness (QED) is 0.938. The fourth-order valence-corrected chi connectivity index (χ4v) is 2.91. The van der Waals surface area contributed by atoms with Crippen LogP contribution in [0.15, 0.2) is 24.4 Å². The van der Waals surface area contributed by atoms with Gasteiger partial charge in [-0.1, -0.05) is 17.4 Å². The number of nitrogens with zero attached hydrogens (tertiary/aromatic N) is 4. The zero-order valence-electron chi connectivity index (χ0n) is 11.0. The predicted molar refractivity (Wildman–Crippen MR) is 80.4 cm³/mol. The van der Waals surface area contributed by atoms with Gasteiger partial charge in [0.15, 0.2) is 5.13 Å². The highest BCUT2D eigenvalue weighted by molar-refractivity contribution is 7.16. The van der Waals surface area contributed by atoms with Crippen LogP contribution in [-0.4, -0.2) is 23.1 Å². The number of aromatic nitrogens is 2. The third kappa shape index (κ3) is 2.89. The molecule has 0 radical (unpaired) electrons. The highest BCUT2D eigenvalue weighted by Gasteiger charge is 2.12. The summed E-state index contributed by atoms with van der Waals surface area (Å²) in [6.45, 7) is 2.15. The first-order valence-electron chi connectivity index (χ1n) is 6.70. The second-order valence-electron chi connectivity index (χ2n) is 4.70. The van der Waals surface area contributed by atoms with E-state index in [0.29, 0.717) is 10.0 Å². The number of pyridine rings is 1. The molecule has 0 saturated carbocycles. The van der Waals surface area contributed by atoms with Crippen molar-refractivity contribution in [3.8, 4) is 6.07 Å². The van der Waals surface area contributed by atoms with Crippen LogP contribution in [0.25, 0.3) is 0 Å². The van der Waals surface area contributed by atoms with Gasteiger partial charge in [0.25, 0.3) is 0 Å². The van der Waals surface area contributed by atoms with Crippen LogP contribution in [0.4, 0.5) is 16.8 Å². The summed E-state index contributed by atoms with van der Waals surface area (Å²) in [4.78, 5) is 11.7. The average Bonchev–Trinajstić information content (AvgIpc) is 2.96. The maximum atomic E-state index is 8.80. The fraction of sp³-hybridized carbons (Fsp3) is 0.357. The zero-order valence-corrected chi connectivity index (χ0v) is 11.9. The van der Waals surface area contributed by atoms with E-state index in [1.807, 2.05) is 18.2 Å². The zero-order chi connectivity index (χ0) is 13.8. The summed E-state index contributed by atoms with van der Waals surface area (Å²) in [5, 5.41) is 12.7. The molecule has 2 aromatic rings. The van der Waals surface area contributed by atoms with Gasteiger partial charge in [0.1, 0.15) is 22.6 Å². The largest absolute Gasteiger partial charge is 0.357 e. The molecular formula is C14H15N5S. The maximum absolute atomic E-state index is 8.80. The van der Waals surface area contributed by atoms with Crippen molar-refractivity contribution in [3.63, 3.8) is 0 Å². The number of hydrogen-bond acceptors (Lipinski definition) is 6. The molecular weight excluding hydrogens is 270 g/mol. The molecule has 1 aliphatic heterocycles. The summed E-state index contributed by atoms with van der Waals surface area (Å²) in [5.74, 6) is 1.78. The molecule has 1 fully saturated rings. The Kier molecular flexibility index (Phi) is 3.79. The average molecular weight is 285 g/mol. The smallest absolute Gasteiger partial charge is 0.189 e. The van der Waals surface area contributed by atoms with Crippen LogP contribution >= 0.6 is 11.3 Å². The molecule has 0 amide bonds. The van der Waals surface area contributed by atoms with Crippen molar-refractivity contribution >= 4 is 28.1 Å². The van der Waals surface area contributed by atoms with Gasteiger partial charge in [0, 0.05) is 13.1 Å². The van der Waals surface area contributed by atoms with Crippen LogP contribution in [0.2, 0.25) is 0 Å². The number of nitriles is 1. The van der Waals surface area contributed by atoms with Crippen molar-refractivity contribution < 1.29 is 0 Å². The Bertz CT molecular complexity index is 624. The first-order chi connectivity index (χ1) is 9.85. The SMILES string of the molecule is N#Cc1cnc(Nc2cccc(N3CCCCC3)n2)s1. The molecule has 102 valence electrons. The number of piperidine rings is 1. The second-order valence-corrected chi connectivity index (χ2v) is 5.73. The van der Waals surface area contributed by atoms with Crippen molar-refractivity contribution in [1.82, 2.24) is 9.97 Å². The minimum absolute atomic E-state index is 0.597. The number of nitrogens with one attached hydrogen (secondary N) is 1. The molecule has 0 aliphatic carbocycles. The summed E-state index contributed by atoms with van der Waals surface area (Å²) < 4.78 is 0. The van der Waals surface area contributed by atoms with E-state index >= 15 is 0 Å².